The summed E-state index contributed by atoms with van der Waals surface area (Å²) in [7, 11) is 0. The first-order valence-electron chi connectivity index (χ1n) is 22.7. The number of carbonyl (C=O) groups is 2. The van der Waals surface area contributed by atoms with Gasteiger partial charge in [0.2, 0.25) is 18.5 Å². The van der Waals surface area contributed by atoms with Gasteiger partial charge in [-0.2, -0.15) is 0 Å². The van der Waals surface area contributed by atoms with Crippen LogP contribution in [0.2, 0.25) is 0 Å². The van der Waals surface area contributed by atoms with E-state index in [0.717, 1.165) is 67.4 Å². The van der Waals surface area contributed by atoms with Crippen molar-refractivity contribution < 1.29 is 48.3 Å². The summed E-state index contributed by atoms with van der Waals surface area (Å²) in [4.78, 5) is 35.8. The van der Waals surface area contributed by atoms with E-state index in [4.69, 9.17) is 33.7 Å². The lowest BCUT2D eigenvalue weighted by molar-refractivity contribution is -0.258. The summed E-state index contributed by atoms with van der Waals surface area (Å²) in [5, 5.41) is 27.4. The molecule has 2 amide bonds. The number of aliphatic hydroxyl groups excluding tert-OH is 2. The van der Waals surface area contributed by atoms with Gasteiger partial charge in [-0.25, -0.2) is 4.79 Å². The number of nitrogens with one attached hydrogen (secondary N) is 1. The fraction of sp³-hybridized carbons (Fsp3) is 0.604. The molecule has 7 rings (SSSR count). The number of nitrogens with zero attached hydrogens (tertiary/aromatic N) is 2. The van der Waals surface area contributed by atoms with Gasteiger partial charge in [0.25, 0.3) is 0 Å². The average Bonchev–Trinajstić information content (AvgIpc) is 3.97. The van der Waals surface area contributed by atoms with Gasteiger partial charge >= 0.3 is 6.09 Å². The van der Waals surface area contributed by atoms with E-state index in [1.165, 1.54) is 12.8 Å². The van der Waals surface area contributed by atoms with Crippen molar-refractivity contribution in [3.05, 3.63) is 71.8 Å². The maximum atomic E-state index is 15.1. The van der Waals surface area contributed by atoms with E-state index in [2.05, 4.69) is 18.0 Å². The first-order chi connectivity index (χ1) is 29.8. The summed E-state index contributed by atoms with van der Waals surface area (Å²) in [6.07, 6.45) is 14.2. The minimum absolute atomic E-state index is 0.00755. The number of aliphatic hydroxyl groups is 2. The summed E-state index contributed by atoms with van der Waals surface area (Å²) in [5.41, 5.74) is 3.45. The molecule has 5 aliphatic rings. The maximum absolute atomic E-state index is 15.1. The van der Waals surface area contributed by atoms with Crippen molar-refractivity contribution in [3.63, 3.8) is 0 Å². The van der Waals surface area contributed by atoms with Gasteiger partial charge in [-0.15, -0.1) is 6.58 Å². The molecule has 2 fully saturated rings. The third-order valence-electron chi connectivity index (χ3n) is 13.2. The molecule has 3 aliphatic carbocycles. The van der Waals surface area contributed by atoms with Gasteiger partial charge < -0.3 is 49.0 Å². The molecule has 332 valence electrons. The van der Waals surface area contributed by atoms with E-state index in [1.54, 1.807) is 12.1 Å². The molecule has 0 radical (unpaired) electrons. The average molecular weight is 844 g/mol. The number of hydrogen-bond donors (Lipinski definition) is 3. The first kappa shape index (κ1) is 44.5. The number of hydrogen-bond acceptors (Lipinski definition) is 11. The van der Waals surface area contributed by atoms with Crippen molar-refractivity contribution in [2.45, 2.75) is 122 Å². The normalized spacial score (nSPS) is 25.5. The van der Waals surface area contributed by atoms with E-state index >= 15 is 4.79 Å². The van der Waals surface area contributed by atoms with Gasteiger partial charge in [0.05, 0.1) is 18.2 Å². The highest BCUT2D eigenvalue weighted by atomic mass is 16.7. The Morgan fingerprint density at radius 1 is 0.984 bits per heavy atom. The highest BCUT2D eigenvalue weighted by Crippen LogP contribution is 2.62. The molecule has 0 spiro atoms. The number of carbonyl (C=O) groups excluding carboxylic acids is 2. The molecule has 13 heteroatoms. The van der Waals surface area contributed by atoms with Crippen LogP contribution in [0.4, 0.5) is 4.79 Å². The maximum Gasteiger partial charge on any atom is 0.412 e. The number of allylic oxidation sites excluding steroid dienone is 1. The minimum atomic E-state index is -1.41. The zero-order chi connectivity index (χ0) is 42.8. The van der Waals surface area contributed by atoms with Crippen molar-refractivity contribution >= 4 is 17.7 Å². The minimum Gasteiger partial charge on any atom is -0.459 e. The number of benzene rings is 2. The van der Waals surface area contributed by atoms with Crippen molar-refractivity contribution in [3.8, 4) is 23.0 Å². The van der Waals surface area contributed by atoms with Crippen LogP contribution in [0.3, 0.4) is 0 Å². The van der Waals surface area contributed by atoms with Crippen LogP contribution in [-0.4, -0.2) is 84.4 Å². The van der Waals surface area contributed by atoms with E-state index < -0.39 is 23.8 Å². The van der Waals surface area contributed by atoms with Crippen LogP contribution >= 0.6 is 0 Å². The van der Waals surface area contributed by atoms with E-state index in [9.17, 15) is 15.0 Å². The van der Waals surface area contributed by atoms with E-state index in [0.29, 0.717) is 67.8 Å². The van der Waals surface area contributed by atoms with Crippen molar-refractivity contribution in [2.24, 2.45) is 28.8 Å². The Morgan fingerprint density at radius 3 is 2.51 bits per heavy atom. The standard InChI is InChI=1S/C48H65N3O10/c1-4-25-58-48-43(51(44(54)22-18-32-13-7-8-14-32)30-33-17-20-41-42(26-33)57-31-56-41)29-39(50-59-6-3)37-27-34(15-9-11-23-52)36(16-10-12-24-53)45(46(37)48)38-28-35(19-21-40(38)61-48)60-47(55)49-5-2/h4,17,19-21,26-28,32,34,36,43,45-46,52-53H,1,5-16,18,22-25,29-31H2,2-3H3,(H,49,55)/t34-,36+,43-,45+,46+,48+/m0/s1. The lowest BCUT2D eigenvalue weighted by atomic mass is 9.55. The van der Waals surface area contributed by atoms with Gasteiger partial charge in [-0.1, -0.05) is 61.9 Å². The van der Waals surface area contributed by atoms with Crippen LogP contribution in [0.25, 0.3) is 0 Å². The highest BCUT2D eigenvalue weighted by molar-refractivity contribution is 6.03. The Bertz CT molecular complexity index is 1890. The monoisotopic (exact) mass is 843 g/mol. The van der Waals surface area contributed by atoms with Crippen molar-refractivity contribution in [1.82, 2.24) is 10.2 Å². The molecule has 2 heterocycles. The predicted octanol–water partition coefficient (Wildman–Crippen LogP) is 8.18. The molecule has 0 aromatic heterocycles. The van der Waals surface area contributed by atoms with E-state index in [1.807, 2.05) is 49.1 Å². The molecule has 61 heavy (non-hydrogen) atoms. The Kier molecular flexibility index (Phi) is 15.3. The van der Waals surface area contributed by atoms with Gasteiger partial charge in [0.15, 0.2) is 11.5 Å². The zero-order valence-electron chi connectivity index (χ0n) is 36.0. The number of ether oxygens (including phenoxy) is 5. The largest absolute Gasteiger partial charge is 0.459 e. The molecular weight excluding hydrogens is 779 g/mol. The summed E-state index contributed by atoms with van der Waals surface area (Å²) in [6, 6.07) is 10.7. The van der Waals surface area contributed by atoms with Crippen LogP contribution in [-0.2, 0) is 20.9 Å². The molecule has 2 saturated carbocycles. The second-order valence-corrected chi connectivity index (χ2v) is 17.0. The number of oxime groups is 1. The molecule has 0 bridgehead atoms. The molecular formula is C48H65N3O10. The van der Waals surface area contributed by atoms with E-state index in [-0.39, 0.29) is 56.8 Å². The first-order valence-corrected chi connectivity index (χ1v) is 22.7. The van der Waals surface area contributed by atoms with Crippen LogP contribution in [0.15, 0.2) is 65.9 Å². The molecule has 13 nitrogen and oxygen atoms in total. The second kappa shape index (κ2) is 21.0. The second-order valence-electron chi connectivity index (χ2n) is 17.0. The Hall–Kier alpha value is -4.59. The lowest BCUT2D eigenvalue weighted by Gasteiger charge is -2.60. The fourth-order valence-electron chi connectivity index (χ4n) is 10.5. The molecule has 0 unspecified atom stereocenters. The number of unbranched alkanes of at least 4 members (excludes halogenated alkanes) is 2. The third-order valence-corrected chi connectivity index (χ3v) is 13.2. The summed E-state index contributed by atoms with van der Waals surface area (Å²) in [6.45, 7) is 9.33. The summed E-state index contributed by atoms with van der Waals surface area (Å²) < 4.78 is 31.8. The lowest BCUT2D eigenvalue weighted by Crippen LogP contribution is -2.70. The molecule has 2 aliphatic heterocycles. The number of rotatable bonds is 21. The highest BCUT2D eigenvalue weighted by Gasteiger charge is 2.65. The summed E-state index contributed by atoms with van der Waals surface area (Å²) in [5.74, 6) is 0.761. The van der Waals surface area contributed by atoms with Crippen LogP contribution in [0.1, 0.15) is 114 Å². The number of amides is 2. The van der Waals surface area contributed by atoms with Crippen LogP contribution in [0, 0.1) is 23.7 Å². The van der Waals surface area contributed by atoms with Crippen LogP contribution < -0.4 is 24.3 Å². The molecule has 6 atom stereocenters. The predicted molar refractivity (Wildman–Crippen MR) is 231 cm³/mol. The van der Waals surface area contributed by atoms with Gasteiger partial charge in [0, 0.05) is 50.6 Å². The molecule has 0 saturated heterocycles. The molecule has 2 aromatic rings. The SMILES string of the molecule is C=CCO[C@@]12Oc3ccc(OC(=O)NCC)cc3[C@H]3[C@H](CCCCO)[C@@H](CCCCO)C=C(C(=NOCC)C[C@@H]1N(Cc1ccc4c(c1)OCO4)C(=O)CCC1CCCC1)[C@H]32. The topological polar surface area (TPSA) is 158 Å². The van der Waals surface area contributed by atoms with Crippen LogP contribution in [0.5, 0.6) is 23.0 Å². The Labute approximate surface area is 360 Å². The van der Waals surface area contributed by atoms with Gasteiger partial charge in [0.1, 0.15) is 24.1 Å². The van der Waals surface area contributed by atoms with Crippen molar-refractivity contribution in [2.75, 3.05) is 39.8 Å². The molecule has 3 N–H and O–H groups in total. The van der Waals surface area contributed by atoms with Gasteiger partial charge in [-0.3, -0.25) is 4.79 Å². The summed E-state index contributed by atoms with van der Waals surface area (Å²) >= 11 is 0. The number of fused-ring (bicyclic) bond motifs is 3. The Morgan fingerprint density at radius 2 is 1.75 bits per heavy atom. The smallest absolute Gasteiger partial charge is 0.412 e. The third kappa shape index (κ3) is 9.89. The quantitative estimate of drug-likeness (QED) is 0.0636. The fourth-order valence-corrected chi connectivity index (χ4v) is 10.5. The molecule has 2 aromatic carbocycles. The Balaban J connectivity index is 1.42. The van der Waals surface area contributed by atoms with Gasteiger partial charge in [-0.05, 0) is 105 Å². The van der Waals surface area contributed by atoms with Crippen molar-refractivity contribution in [1.29, 1.82) is 0 Å². The zero-order valence-corrected chi connectivity index (χ0v) is 36.0.